The highest BCUT2D eigenvalue weighted by Crippen LogP contribution is 1.87. The van der Waals surface area contributed by atoms with Crippen molar-refractivity contribution in [3.63, 3.8) is 0 Å². The molecule has 0 bridgehead atoms. The lowest BCUT2D eigenvalue weighted by Gasteiger charge is -1.96. The molecule has 0 heterocycles. The summed E-state index contributed by atoms with van der Waals surface area (Å²) in [5.74, 6) is 4.83. The van der Waals surface area contributed by atoms with E-state index in [0.29, 0.717) is 0 Å². The maximum atomic E-state index is 10.8. The molecule has 0 aliphatic carbocycles. The number of hydrogen-bond donors (Lipinski definition) is 0. The van der Waals surface area contributed by atoms with Crippen LogP contribution in [0.25, 0.3) is 0 Å². The summed E-state index contributed by atoms with van der Waals surface area (Å²) >= 11 is 0. The van der Waals surface area contributed by atoms with Crippen LogP contribution in [0.3, 0.4) is 0 Å². The van der Waals surface area contributed by atoms with E-state index in [1.54, 1.807) is 0 Å². The van der Waals surface area contributed by atoms with Crippen LogP contribution in [0.2, 0.25) is 0 Å². The van der Waals surface area contributed by atoms with Crippen molar-refractivity contribution < 1.29 is 14.3 Å². The van der Waals surface area contributed by atoms with E-state index < -0.39 is 5.97 Å². The van der Waals surface area contributed by atoms with Crippen LogP contribution in [-0.2, 0) is 14.3 Å². The Bertz CT molecular complexity index is 232. The van der Waals surface area contributed by atoms with Gasteiger partial charge in [-0.05, 0) is 13.3 Å². The molecule has 0 saturated carbocycles. The highest BCUT2D eigenvalue weighted by atomic mass is 16.5. The zero-order valence-electron chi connectivity index (χ0n) is 8.05. The van der Waals surface area contributed by atoms with Crippen molar-refractivity contribution >= 4 is 11.8 Å². The van der Waals surface area contributed by atoms with Crippen LogP contribution in [0.15, 0.2) is 0 Å². The highest BCUT2D eigenvalue weighted by molar-refractivity contribution is 5.94. The van der Waals surface area contributed by atoms with E-state index in [0.717, 1.165) is 12.8 Å². The molecule has 3 heteroatoms. The zero-order valence-corrected chi connectivity index (χ0v) is 8.05. The highest BCUT2D eigenvalue weighted by Gasteiger charge is 2.04. The van der Waals surface area contributed by atoms with Gasteiger partial charge < -0.3 is 4.74 Å². The Hall–Kier alpha value is -1.30. The molecule has 0 radical (unpaired) electrons. The van der Waals surface area contributed by atoms with E-state index in [2.05, 4.69) is 16.6 Å². The predicted octanol–water partition coefficient (Wildman–Crippen LogP) is 1.31. The van der Waals surface area contributed by atoms with E-state index in [1.165, 1.54) is 6.92 Å². The van der Waals surface area contributed by atoms with Crippen LogP contribution in [0.5, 0.6) is 0 Å². The van der Waals surface area contributed by atoms with Crippen molar-refractivity contribution in [3.8, 4) is 11.8 Å². The van der Waals surface area contributed by atoms with E-state index in [1.807, 2.05) is 6.92 Å². The Morgan fingerprint density at radius 2 is 2.00 bits per heavy atom. The van der Waals surface area contributed by atoms with Crippen LogP contribution >= 0.6 is 0 Å². The third-order valence-corrected chi connectivity index (χ3v) is 1.20. The fraction of sp³-hybridized carbons (Fsp3) is 0.600. The van der Waals surface area contributed by atoms with Crippen molar-refractivity contribution in [2.45, 2.75) is 33.1 Å². The summed E-state index contributed by atoms with van der Waals surface area (Å²) in [6.07, 6.45) is 1.65. The van der Waals surface area contributed by atoms with Crippen molar-refractivity contribution in [1.82, 2.24) is 0 Å². The SMILES string of the molecule is CCCC#CCOC(=O)CC(C)=O. The Morgan fingerprint density at radius 3 is 2.54 bits per heavy atom. The van der Waals surface area contributed by atoms with E-state index in [9.17, 15) is 9.59 Å². The first-order valence-corrected chi connectivity index (χ1v) is 4.27. The van der Waals surface area contributed by atoms with Gasteiger partial charge in [-0.1, -0.05) is 18.8 Å². The molecule has 0 aliphatic heterocycles. The monoisotopic (exact) mass is 182 g/mol. The van der Waals surface area contributed by atoms with Crippen molar-refractivity contribution in [2.75, 3.05) is 6.61 Å². The van der Waals surface area contributed by atoms with Crippen LogP contribution in [0.4, 0.5) is 0 Å². The van der Waals surface area contributed by atoms with Crippen molar-refractivity contribution in [2.24, 2.45) is 0 Å². The van der Waals surface area contributed by atoms with Gasteiger partial charge in [0.1, 0.15) is 12.2 Å². The van der Waals surface area contributed by atoms with Gasteiger partial charge in [-0.15, -0.1) is 0 Å². The minimum absolute atomic E-state index is 0.0894. The lowest BCUT2D eigenvalue weighted by Crippen LogP contribution is -2.08. The summed E-state index contributed by atoms with van der Waals surface area (Å²) in [6, 6.07) is 0. The van der Waals surface area contributed by atoms with Gasteiger partial charge in [0.2, 0.25) is 0 Å². The Kier molecular flexibility index (Phi) is 6.62. The topological polar surface area (TPSA) is 43.4 Å². The molecule has 0 unspecified atom stereocenters. The van der Waals surface area contributed by atoms with Gasteiger partial charge in [-0.3, -0.25) is 9.59 Å². The van der Waals surface area contributed by atoms with Gasteiger partial charge in [-0.25, -0.2) is 0 Å². The third-order valence-electron chi connectivity index (χ3n) is 1.20. The zero-order chi connectivity index (χ0) is 10.1. The average molecular weight is 182 g/mol. The number of unbranched alkanes of at least 4 members (excludes halogenated alkanes) is 1. The van der Waals surface area contributed by atoms with Crippen LogP contribution in [0.1, 0.15) is 33.1 Å². The third kappa shape index (κ3) is 8.61. The minimum atomic E-state index is -0.502. The van der Waals surface area contributed by atoms with E-state index in [-0.39, 0.29) is 18.8 Å². The first kappa shape index (κ1) is 11.7. The van der Waals surface area contributed by atoms with E-state index in [4.69, 9.17) is 0 Å². The number of esters is 1. The minimum Gasteiger partial charge on any atom is -0.452 e. The molecule has 0 rings (SSSR count). The molecule has 3 nitrogen and oxygen atoms in total. The molecule has 0 spiro atoms. The summed E-state index contributed by atoms with van der Waals surface area (Å²) in [7, 11) is 0. The smallest absolute Gasteiger partial charge is 0.314 e. The Morgan fingerprint density at radius 1 is 1.31 bits per heavy atom. The van der Waals surface area contributed by atoms with Crippen molar-refractivity contribution in [1.29, 1.82) is 0 Å². The predicted molar refractivity (Wildman–Crippen MR) is 48.9 cm³/mol. The number of ether oxygens (including phenoxy) is 1. The molecule has 0 fully saturated rings. The molecule has 0 aromatic heterocycles. The molecular weight excluding hydrogens is 168 g/mol. The van der Waals surface area contributed by atoms with Crippen molar-refractivity contribution in [3.05, 3.63) is 0 Å². The van der Waals surface area contributed by atoms with E-state index >= 15 is 0 Å². The Balaban J connectivity index is 3.49. The molecule has 0 aromatic carbocycles. The molecule has 0 aliphatic rings. The molecule has 13 heavy (non-hydrogen) atoms. The number of Topliss-reactive ketones (excluding diaryl/α,β-unsaturated/α-hetero) is 1. The molecule has 0 amide bonds. The maximum absolute atomic E-state index is 10.8. The first-order valence-electron chi connectivity index (χ1n) is 4.27. The van der Waals surface area contributed by atoms with Gasteiger partial charge >= 0.3 is 5.97 Å². The summed E-state index contributed by atoms with van der Waals surface area (Å²) in [6.45, 7) is 3.46. The second-order valence-electron chi connectivity index (χ2n) is 2.64. The average Bonchev–Trinajstić information content (AvgIpc) is 2.02. The molecule has 0 N–H and O–H groups in total. The summed E-state index contributed by atoms with van der Waals surface area (Å²) < 4.78 is 4.67. The van der Waals surface area contributed by atoms with Gasteiger partial charge in [0.25, 0.3) is 0 Å². The number of hydrogen-bond acceptors (Lipinski definition) is 3. The van der Waals surface area contributed by atoms with Crippen LogP contribution in [0, 0.1) is 11.8 Å². The number of carbonyl (C=O) groups is 2. The van der Waals surface area contributed by atoms with Gasteiger partial charge in [0.15, 0.2) is 6.61 Å². The molecule has 72 valence electrons. The second kappa shape index (κ2) is 7.35. The van der Waals surface area contributed by atoms with Crippen LogP contribution in [-0.4, -0.2) is 18.4 Å². The standard InChI is InChI=1S/C10H14O3/c1-3-4-5-6-7-13-10(12)8-9(2)11/h3-4,7-8H2,1-2H3. The summed E-state index contributed by atoms with van der Waals surface area (Å²) in [4.78, 5) is 21.2. The summed E-state index contributed by atoms with van der Waals surface area (Å²) in [5, 5.41) is 0. The number of carbonyl (C=O) groups excluding carboxylic acids is 2. The second-order valence-corrected chi connectivity index (χ2v) is 2.64. The summed E-state index contributed by atoms with van der Waals surface area (Å²) in [5.41, 5.74) is 0. The Labute approximate surface area is 78.5 Å². The molecule has 0 atom stereocenters. The fourth-order valence-electron chi connectivity index (χ4n) is 0.635. The fourth-order valence-corrected chi connectivity index (χ4v) is 0.635. The normalized spacial score (nSPS) is 8.46. The molecule has 0 aromatic rings. The quantitative estimate of drug-likeness (QED) is 0.374. The first-order chi connectivity index (χ1) is 6.16. The maximum Gasteiger partial charge on any atom is 0.314 e. The molecule has 0 saturated heterocycles. The number of rotatable bonds is 4. The lowest BCUT2D eigenvalue weighted by molar-refractivity contribution is -0.144. The van der Waals surface area contributed by atoms with Crippen LogP contribution < -0.4 is 0 Å². The molecular formula is C10H14O3. The van der Waals surface area contributed by atoms with Gasteiger partial charge in [-0.2, -0.15) is 0 Å². The lowest BCUT2D eigenvalue weighted by atomic mass is 10.3. The largest absolute Gasteiger partial charge is 0.452 e. The van der Waals surface area contributed by atoms with Gasteiger partial charge in [0.05, 0.1) is 0 Å². The number of ketones is 1. The van der Waals surface area contributed by atoms with Gasteiger partial charge in [0, 0.05) is 6.42 Å².